The summed E-state index contributed by atoms with van der Waals surface area (Å²) in [4.78, 5) is 42.3. The van der Waals surface area contributed by atoms with Crippen molar-refractivity contribution in [3.63, 3.8) is 0 Å². The second-order valence-corrected chi connectivity index (χ2v) is 12.6. The maximum atomic E-state index is 13.4. The van der Waals surface area contributed by atoms with Crippen LogP contribution in [0.25, 0.3) is 10.8 Å². The van der Waals surface area contributed by atoms with Crippen LogP contribution in [0.3, 0.4) is 0 Å². The van der Waals surface area contributed by atoms with E-state index < -0.39 is 28.0 Å². The van der Waals surface area contributed by atoms with Crippen molar-refractivity contribution in [3.8, 4) is 0 Å². The first kappa shape index (κ1) is 28.1. The minimum absolute atomic E-state index is 0.0506. The summed E-state index contributed by atoms with van der Waals surface area (Å²) in [6.45, 7) is 2.81. The van der Waals surface area contributed by atoms with Crippen LogP contribution in [0.15, 0.2) is 59.8 Å². The highest BCUT2D eigenvalue weighted by Crippen LogP contribution is 2.24. The fourth-order valence-corrected chi connectivity index (χ4v) is 6.85. The molecule has 5 rings (SSSR count). The van der Waals surface area contributed by atoms with E-state index in [1.54, 1.807) is 65.2 Å². The molecular weight excluding hydrogens is 554 g/mol. The molecule has 2 aliphatic rings. The standard InChI is InChI=1S/C28H32ClN5O5S/c1-18(27(36)33-11-3-4-23(17-33)30-26(35)21-9-12-32(2)16-21)34-13-10-25(28(34)37)31-40(38,39)24-8-6-19-14-22(29)7-5-20(19)15-24/h5-9,12,14-16,18,23,25,31H,3-4,10-11,13,17H2,1-2H3,(H,30,35)/t18-,23?,25-/m0/s1. The van der Waals surface area contributed by atoms with Gasteiger partial charge < -0.3 is 19.7 Å². The lowest BCUT2D eigenvalue weighted by Gasteiger charge is -2.36. The number of hydrogen-bond donors (Lipinski definition) is 2. The van der Waals surface area contributed by atoms with E-state index in [-0.39, 0.29) is 35.7 Å². The van der Waals surface area contributed by atoms with Crippen LogP contribution in [0.2, 0.25) is 5.02 Å². The van der Waals surface area contributed by atoms with Crippen molar-refractivity contribution >= 4 is 50.1 Å². The fourth-order valence-electron chi connectivity index (χ4n) is 5.41. The Hall–Kier alpha value is -3.41. The number of rotatable bonds is 7. The molecule has 12 heteroatoms. The third-order valence-electron chi connectivity index (χ3n) is 7.61. The molecule has 3 heterocycles. The van der Waals surface area contributed by atoms with Crippen molar-refractivity contribution in [2.24, 2.45) is 7.05 Å². The Morgan fingerprint density at radius 2 is 1.80 bits per heavy atom. The quantitative estimate of drug-likeness (QED) is 0.441. The lowest BCUT2D eigenvalue weighted by molar-refractivity contribution is -0.144. The zero-order valence-electron chi connectivity index (χ0n) is 22.3. The SMILES string of the molecule is C[C@@H](C(=O)N1CCCC(NC(=O)c2ccn(C)c2)C1)N1CC[C@H](NS(=O)(=O)c2ccc3cc(Cl)ccc3c2)C1=O. The highest BCUT2D eigenvalue weighted by Gasteiger charge is 2.40. The Kier molecular flexibility index (Phi) is 7.89. The first-order chi connectivity index (χ1) is 19.0. The third-order valence-corrected chi connectivity index (χ3v) is 9.31. The van der Waals surface area contributed by atoms with Gasteiger partial charge in [0.15, 0.2) is 0 Å². The maximum absolute atomic E-state index is 13.4. The number of hydrogen-bond acceptors (Lipinski definition) is 5. The van der Waals surface area contributed by atoms with Crippen molar-refractivity contribution in [3.05, 3.63) is 65.4 Å². The van der Waals surface area contributed by atoms with E-state index in [0.717, 1.165) is 18.2 Å². The third kappa shape index (κ3) is 5.86. The molecule has 1 unspecified atom stereocenters. The lowest BCUT2D eigenvalue weighted by atomic mass is 10.0. The first-order valence-corrected chi connectivity index (χ1v) is 15.1. The molecular formula is C28H32ClN5O5S. The molecule has 3 aromatic rings. The second-order valence-electron chi connectivity index (χ2n) is 10.5. The monoisotopic (exact) mass is 585 g/mol. The molecule has 1 aromatic heterocycles. The van der Waals surface area contributed by atoms with Crippen molar-refractivity contribution in [2.75, 3.05) is 19.6 Å². The van der Waals surface area contributed by atoms with Gasteiger partial charge in [-0.3, -0.25) is 14.4 Å². The van der Waals surface area contributed by atoms with Gasteiger partial charge in [-0.15, -0.1) is 0 Å². The normalized spacial score (nSPS) is 20.6. The number of benzene rings is 2. The molecule has 0 spiro atoms. The molecule has 3 atom stereocenters. The number of sulfonamides is 1. The number of nitrogens with one attached hydrogen (secondary N) is 2. The molecule has 0 aliphatic carbocycles. The fraction of sp³-hybridized carbons (Fsp3) is 0.393. The van der Waals surface area contributed by atoms with E-state index >= 15 is 0 Å². The van der Waals surface area contributed by atoms with Crippen molar-refractivity contribution in [1.29, 1.82) is 0 Å². The lowest BCUT2D eigenvalue weighted by Crippen LogP contribution is -2.55. The van der Waals surface area contributed by atoms with Crippen LogP contribution < -0.4 is 10.0 Å². The van der Waals surface area contributed by atoms with Crippen molar-refractivity contribution in [2.45, 2.75) is 49.2 Å². The Morgan fingerprint density at radius 3 is 2.55 bits per heavy atom. The van der Waals surface area contributed by atoms with Gasteiger partial charge in [-0.25, -0.2) is 8.42 Å². The Bertz CT molecular complexity index is 1570. The molecule has 3 amide bonds. The molecule has 40 heavy (non-hydrogen) atoms. The second kappa shape index (κ2) is 11.2. The molecule has 10 nitrogen and oxygen atoms in total. The summed E-state index contributed by atoms with van der Waals surface area (Å²) in [6.07, 6.45) is 5.28. The summed E-state index contributed by atoms with van der Waals surface area (Å²) in [5.74, 6) is -0.834. The predicted octanol–water partition coefficient (Wildman–Crippen LogP) is 2.52. The summed E-state index contributed by atoms with van der Waals surface area (Å²) in [7, 11) is -2.13. The van der Waals surface area contributed by atoms with E-state index in [0.29, 0.717) is 29.1 Å². The van der Waals surface area contributed by atoms with Gasteiger partial charge in [-0.05, 0) is 67.3 Å². The number of carbonyl (C=O) groups excluding carboxylic acids is 3. The number of amides is 3. The number of carbonyl (C=O) groups is 3. The van der Waals surface area contributed by atoms with E-state index in [1.807, 2.05) is 7.05 Å². The maximum Gasteiger partial charge on any atom is 0.253 e. The first-order valence-electron chi connectivity index (χ1n) is 13.3. The van der Waals surface area contributed by atoms with Gasteiger partial charge >= 0.3 is 0 Å². The molecule has 0 radical (unpaired) electrons. The molecule has 2 fully saturated rings. The van der Waals surface area contributed by atoms with Gasteiger partial charge in [0.25, 0.3) is 5.91 Å². The van der Waals surface area contributed by atoms with Crippen molar-refractivity contribution < 1.29 is 22.8 Å². The molecule has 2 aliphatic heterocycles. The van der Waals surface area contributed by atoms with E-state index in [9.17, 15) is 22.8 Å². The highest BCUT2D eigenvalue weighted by atomic mass is 35.5. The molecule has 0 bridgehead atoms. The molecule has 2 aromatic carbocycles. The van der Waals surface area contributed by atoms with Crippen molar-refractivity contribution in [1.82, 2.24) is 24.4 Å². The van der Waals surface area contributed by atoms with Gasteiger partial charge in [0.1, 0.15) is 12.1 Å². The summed E-state index contributed by atoms with van der Waals surface area (Å²) in [5.41, 5.74) is 0.559. The minimum atomic E-state index is -3.98. The number of piperidine rings is 1. The molecule has 0 saturated carbocycles. The molecule has 2 N–H and O–H groups in total. The van der Waals surface area contributed by atoms with E-state index in [1.165, 1.54) is 11.0 Å². The predicted molar refractivity (Wildman–Crippen MR) is 151 cm³/mol. The van der Waals surface area contributed by atoms with Crippen LogP contribution in [-0.4, -0.2) is 78.3 Å². The van der Waals surface area contributed by atoms with Gasteiger partial charge in [0, 0.05) is 50.1 Å². The largest absolute Gasteiger partial charge is 0.356 e. The number of aryl methyl sites for hydroxylation is 1. The molecule has 212 valence electrons. The number of halogens is 1. The van der Waals surface area contributed by atoms with Crippen LogP contribution in [0.5, 0.6) is 0 Å². The summed E-state index contributed by atoms with van der Waals surface area (Å²) in [6, 6.07) is 9.71. The summed E-state index contributed by atoms with van der Waals surface area (Å²) >= 11 is 6.02. The zero-order valence-corrected chi connectivity index (χ0v) is 23.9. The zero-order chi connectivity index (χ0) is 28.6. The van der Waals surface area contributed by atoms with Crippen LogP contribution in [0.1, 0.15) is 36.5 Å². The Balaban J connectivity index is 1.20. The van der Waals surface area contributed by atoms with Crippen LogP contribution in [0.4, 0.5) is 0 Å². The van der Waals surface area contributed by atoms with Gasteiger partial charge in [0.2, 0.25) is 21.8 Å². The number of nitrogens with zero attached hydrogens (tertiary/aromatic N) is 3. The van der Waals surface area contributed by atoms with E-state index in [2.05, 4.69) is 10.0 Å². The topological polar surface area (TPSA) is 121 Å². The number of aromatic nitrogens is 1. The highest BCUT2D eigenvalue weighted by molar-refractivity contribution is 7.89. The van der Waals surface area contributed by atoms with Crippen LogP contribution in [0, 0.1) is 0 Å². The number of fused-ring (bicyclic) bond motifs is 1. The smallest absolute Gasteiger partial charge is 0.253 e. The number of likely N-dealkylation sites (tertiary alicyclic amines) is 2. The van der Waals surface area contributed by atoms with E-state index in [4.69, 9.17) is 11.6 Å². The summed E-state index contributed by atoms with van der Waals surface area (Å²) in [5, 5.41) is 5.08. The average Bonchev–Trinajstić information content (AvgIpc) is 3.52. The minimum Gasteiger partial charge on any atom is -0.356 e. The van der Waals surface area contributed by atoms with Gasteiger partial charge in [-0.1, -0.05) is 23.7 Å². The molecule has 2 saturated heterocycles. The van der Waals surface area contributed by atoms with Gasteiger partial charge in [-0.2, -0.15) is 4.72 Å². The average molecular weight is 586 g/mol. The Morgan fingerprint density at radius 1 is 1.05 bits per heavy atom. The van der Waals surface area contributed by atoms with Gasteiger partial charge in [0.05, 0.1) is 10.5 Å². The van der Waals surface area contributed by atoms with Crippen LogP contribution in [-0.2, 0) is 26.7 Å². The summed E-state index contributed by atoms with van der Waals surface area (Å²) < 4.78 is 30.5. The Labute approximate surface area is 238 Å². The van der Waals surface area contributed by atoms with Crippen LogP contribution >= 0.6 is 11.6 Å².